The van der Waals surface area contributed by atoms with Gasteiger partial charge in [-0.25, -0.2) is 15.0 Å². The largest absolute Gasteiger partial charge is 0.455 e. The summed E-state index contributed by atoms with van der Waals surface area (Å²) in [5, 5.41) is 6.96. The van der Waals surface area contributed by atoms with Gasteiger partial charge in [-0.1, -0.05) is 115 Å². The van der Waals surface area contributed by atoms with Crippen molar-refractivity contribution in [2.75, 3.05) is 0 Å². The van der Waals surface area contributed by atoms with Crippen LogP contribution in [0, 0.1) is 0 Å². The Morgan fingerprint density at radius 3 is 1.85 bits per heavy atom. The first-order chi connectivity index (χ1) is 23.8. The maximum atomic E-state index is 6.89. The third-order valence-corrected chi connectivity index (χ3v) is 10.9. The first-order valence-corrected chi connectivity index (χ1v) is 16.8. The Hall–Kier alpha value is -6.17. The van der Waals surface area contributed by atoms with Gasteiger partial charge < -0.3 is 4.42 Å². The van der Waals surface area contributed by atoms with Crippen LogP contribution in [0.2, 0.25) is 0 Å². The summed E-state index contributed by atoms with van der Waals surface area (Å²) in [6.45, 7) is 0. The minimum Gasteiger partial charge on any atom is -0.455 e. The molecule has 0 amide bonds. The molecular formula is C43H23N3OS. The number of nitrogens with zero attached hydrogens (tertiary/aromatic N) is 3. The fraction of sp³-hybridized carbons (Fsp3) is 0. The molecule has 222 valence electrons. The van der Waals surface area contributed by atoms with E-state index in [0.717, 1.165) is 44.0 Å². The van der Waals surface area contributed by atoms with Crippen LogP contribution in [0.25, 0.3) is 109 Å². The summed E-state index contributed by atoms with van der Waals surface area (Å²) in [7, 11) is 0. The van der Waals surface area contributed by atoms with Crippen molar-refractivity contribution < 1.29 is 4.42 Å². The molecule has 0 saturated carbocycles. The highest BCUT2D eigenvalue weighted by Crippen LogP contribution is 2.51. The predicted octanol–water partition coefficient (Wildman–Crippen LogP) is 11.9. The van der Waals surface area contributed by atoms with Crippen LogP contribution in [0.5, 0.6) is 0 Å². The second kappa shape index (κ2) is 9.67. The van der Waals surface area contributed by atoms with Crippen LogP contribution in [0.4, 0.5) is 0 Å². The number of rotatable bonds is 3. The fourth-order valence-corrected chi connectivity index (χ4v) is 8.76. The summed E-state index contributed by atoms with van der Waals surface area (Å²) in [6.07, 6.45) is 0. The average Bonchev–Trinajstić information content (AvgIpc) is 3.83. The van der Waals surface area contributed by atoms with Crippen LogP contribution in [0.1, 0.15) is 0 Å². The highest BCUT2D eigenvalue weighted by atomic mass is 32.1. The van der Waals surface area contributed by atoms with Crippen molar-refractivity contribution in [3.05, 3.63) is 140 Å². The molecule has 1 aliphatic rings. The molecule has 0 radical (unpaired) electrons. The summed E-state index contributed by atoms with van der Waals surface area (Å²) in [5.74, 6) is 1.86. The normalized spacial score (nSPS) is 12.2. The molecule has 5 heteroatoms. The monoisotopic (exact) mass is 629 g/mol. The van der Waals surface area contributed by atoms with E-state index in [2.05, 4.69) is 109 Å². The topological polar surface area (TPSA) is 51.8 Å². The second-order valence-electron chi connectivity index (χ2n) is 12.3. The number of aromatic nitrogens is 3. The lowest BCUT2D eigenvalue weighted by atomic mass is 9.99. The van der Waals surface area contributed by atoms with Crippen LogP contribution in [0.3, 0.4) is 0 Å². The molecule has 0 fully saturated rings. The van der Waals surface area contributed by atoms with Crippen LogP contribution < -0.4 is 0 Å². The maximum absolute atomic E-state index is 6.89. The molecule has 7 aromatic carbocycles. The van der Waals surface area contributed by atoms with Gasteiger partial charge in [0.2, 0.25) is 0 Å². The van der Waals surface area contributed by atoms with Gasteiger partial charge in [0.25, 0.3) is 0 Å². The molecule has 11 rings (SSSR count). The first kappa shape index (κ1) is 26.0. The smallest absolute Gasteiger partial charge is 0.167 e. The van der Waals surface area contributed by atoms with Gasteiger partial charge in [0.15, 0.2) is 17.5 Å². The number of furan rings is 1. The Morgan fingerprint density at radius 2 is 1.00 bits per heavy atom. The average molecular weight is 630 g/mol. The predicted molar refractivity (Wildman–Crippen MR) is 198 cm³/mol. The Balaban J connectivity index is 1.19. The molecule has 0 saturated heterocycles. The zero-order valence-electron chi connectivity index (χ0n) is 25.4. The Labute approximate surface area is 278 Å². The molecule has 0 N–H and O–H groups in total. The molecule has 0 unspecified atom stereocenters. The Kier molecular flexibility index (Phi) is 5.23. The van der Waals surface area contributed by atoms with Crippen LogP contribution in [-0.4, -0.2) is 15.0 Å². The molecule has 0 atom stereocenters. The number of para-hydroxylation sites is 1. The van der Waals surface area contributed by atoms with E-state index in [1.54, 1.807) is 11.3 Å². The molecule has 0 bridgehead atoms. The van der Waals surface area contributed by atoms with Crippen molar-refractivity contribution in [2.24, 2.45) is 0 Å². The van der Waals surface area contributed by atoms with E-state index >= 15 is 0 Å². The van der Waals surface area contributed by atoms with E-state index in [-0.39, 0.29) is 0 Å². The molecule has 3 aromatic heterocycles. The van der Waals surface area contributed by atoms with Crippen molar-refractivity contribution in [3.8, 4) is 56.4 Å². The van der Waals surface area contributed by atoms with Gasteiger partial charge in [-0.05, 0) is 46.5 Å². The molecule has 3 heterocycles. The summed E-state index contributed by atoms with van der Waals surface area (Å²) in [4.78, 5) is 15.4. The van der Waals surface area contributed by atoms with Gasteiger partial charge in [-0.3, -0.25) is 0 Å². The quantitative estimate of drug-likeness (QED) is 0.195. The lowest BCUT2D eigenvalue weighted by Gasteiger charge is -2.09. The zero-order chi connectivity index (χ0) is 31.3. The minimum atomic E-state index is 0.587. The maximum Gasteiger partial charge on any atom is 0.167 e. The fourth-order valence-electron chi connectivity index (χ4n) is 7.55. The number of hydrogen-bond donors (Lipinski definition) is 0. The van der Waals surface area contributed by atoms with E-state index in [9.17, 15) is 0 Å². The van der Waals surface area contributed by atoms with Gasteiger partial charge in [-0.15, -0.1) is 11.3 Å². The van der Waals surface area contributed by atoms with E-state index in [1.165, 1.54) is 47.8 Å². The molecule has 0 aliphatic heterocycles. The van der Waals surface area contributed by atoms with Gasteiger partial charge in [0.1, 0.15) is 11.2 Å². The molecule has 10 aromatic rings. The standard InChI is InChI=1S/C43H23N3OS/c1-2-11-24(12-3-1)41-44-42(46-43(45-41)33-21-10-18-30-27-15-6-7-22-36(27)48-40(30)33)32-20-9-17-29-35-23-34-26-14-5-4-13-25(26)28-16-8-19-31(37(28)34)39(35)47-38(29)32/h1-23H. The summed E-state index contributed by atoms with van der Waals surface area (Å²) >= 11 is 1.78. The Bertz CT molecular complexity index is 2960. The molecule has 0 spiro atoms. The van der Waals surface area contributed by atoms with E-state index < -0.39 is 0 Å². The SMILES string of the molecule is c1ccc(-c2nc(-c3cccc4c3oc3c5cccc6c5c(cc43)-c3ccccc3-6)nc(-c3cccc4c3sc3ccccc34)n2)cc1. The third-order valence-electron chi connectivity index (χ3n) is 9.68. The first-order valence-electron chi connectivity index (χ1n) is 16.0. The zero-order valence-corrected chi connectivity index (χ0v) is 26.3. The van der Waals surface area contributed by atoms with Crippen LogP contribution in [0.15, 0.2) is 144 Å². The van der Waals surface area contributed by atoms with Crippen molar-refractivity contribution in [3.63, 3.8) is 0 Å². The van der Waals surface area contributed by atoms with Crippen molar-refractivity contribution in [1.82, 2.24) is 15.0 Å². The van der Waals surface area contributed by atoms with Gasteiger partial charge in [-0.2, -0.15) is 0 Å². The summed E-state index contributed by atoms with van der Waals surface area (Å²) in [5.41, 5.74) is 9.49. The number of thiophene rings is 1. The number of hydrogen-bond acceptors (Lipinski definition) is 5. The van der Waals surface area contributed by atoms with Gasteiger partial charge in [0.05, 0.1) is 5.56 Å². The number of fused-ring (bicyclic) bond motifs is 10. The van der Waals surface area contributed by atoms with Crippen LogP contribution >= 0.6 is 11.3 Å². The Morgan fingerprint density at radius 1 is 0.396 bits per heavy atom. The molecule has 4 nitrogen and oxygen atoms in total. The third kappa shape index (κ3) is 3.56. The van der Waals surface area contributed by atoms with Gasteiger partial charge in [0, 0.05) is 52.8 Å². The molecule has 48 heavy (non-hydrogen) atoms. The summed E-state index contributed by atoms with van der Waals surface area (Å²) < 4.78 is 9.30. The minimum absolute atomic E-state index is 0.587. The van der Waals surface area contributed by atoms with Crippen molar-refractivity contribution in [2.45, 2.75) is 0 Å². The van der Waals surface area contributed by atoms with Crippen molar-refractivity contribution >= 4 is 64.2 Å². The highest BCUT2D eigenvalue weighted by Gasteiger charge is 2.26. The van der Waals surface area contributed by atoms with E-state index in [0.29, 0.717) is 17.5 Å². The lowest BCUT2D eigenvalue weighted by Crippen LogP contribution is -2.00. The van der Waals surface area contributed by atoms with E-state index in [1.807, 2.05) is 30.3 Å². The van der Waals surface area contributed by atoms with Gasteiger partial charge >= 0.3 is 0 Å². The highest BCUT2D eigenvalue weighted by molar-refractivity contribution is 7.26. The second-order valence-corrected chi connectivity index (χ2v) is 13.4. The molecular weight excluding hydrogens is 607 g/mol. The van der Waals surface area contributed by atoms with Crippen molar-refractivity contribution in [1.29, 1.82) is 0 Å². The lowest BCUT2D eigenvalue weighted by molar-refractivity contribution is 0.673. The number of benzene rings is 7. The summed E-state index contributed by atoms with van der Waals surface area (Å²) in [6, 6.07) is 48.9. The van der Waals surface area contributed by atoms with E-state index in [4.69, 9.17) is 19.4 Å². The molecule has 1 aliphatic carbocycles. The van der Waals surface area contributed by atoms with Crippen LogP contribution in [-0.2, 0) is 0 Å².